The molecule has 0 fully saturated rings. The molecule has 5 nitrogen and oxygen atoms in total. The zero-order valence-corrected chi connectivity index (χ0v) is 18.2. The molecule has 6 heteroatoms. The summed E-state index contributed by atoms with van der Waals surface area (Å²) in [6.45, 7) is 3.67. The Labute approximate surface area is 190 Å². The molecule has 33 heavy (non-hydrogen) atoms. The van der Waals surface area contributed by atoms with Crippen LogP contribution in [0.15, 0.2) is 66.9 Å². The molecule has 0 amide bonds. The Morgan fingerprint density at radius 1 is 0.879 bits per heavy atom. The average molecular weight is 439 g/mol. The lowest BCUT2D eigenvalue weighted by molar-refractivity contribution is 0.172. The van der Waals surface area contributed by atoms with Crippen LogP contribution in [0.4, 0.5) is 4.39 Å². The summed E-state index contributed by atoms with van der Waals surface area (Å²) in [5, 5.41) is 10.0. The van der Waals surface area contributed by atoms with E-state index in [-0.39, 0.29) is 5.82 Å². The Balaban J connectivity index is 1.57. The second-order valence-corrected chi connectivity index (χ2v) is 8.26. The van der Waals surface area contributed by atoms with Crippen molar-refractivity contribution in [1.29, 1.82) is 0 Å². The highest BCUT2D eigenvalue weighted by atomic mass is 19.1. The number of rotatable bonds is 4. The van der Waals surface area contributed by atoms with Gasteiger partial charge in [0, 0.05) is 35.3 Å². The van der Waals surface area contributed by atoms with Crippen LogP contribution < -0.4 is 9.47 Å². The third kappa shape index (κ3) is 3.48. The molecule has 3 aliphatic rings. The number of nitrogens with zero attached hydrogens (tertiary/aromatic N) is 3. The summed E-state index contributed by atoms with van der Waals surface area (Å²) in [6, 6.07) is 19.1. The number of benzene rings is 3. The maximum atomic E-state index is 13.9. The van der Waals surface area contributed by atoms with E-state index in [0.29, 0.717) is 31.3 Å². The molecule has 3 aromatic rings. The van der Waals surface area contributed by atoms with E-state index in [1.54, 1.807) is 12.1 Å². The van der Waals surface area contributed by atoms with E-state index >= 15 is 0 Å². The molecule has 3 aliphatic heterocycles. The SMILES string of the molecule is CCc1ccc(-c2nnc3c4cc5c(cc4n(Cc4cccc(F)c4)cc2-3)OCCO5)cc1. The summed E-state index contributed by atoms with van der Waals surface area (Å²) in [4.78, 5) is 0. The maximum absolute atomic E-state index is 13.9. The van der Waals surface area contributed by atoms with Crippen molar-refractivity contribution in [2.45, 2.75) is 19.9 Å². The first-order valence-corrected chi connectivity index (χ1v) is 11.1. The van der Waals surface area contributed by atoms with Crippen molar-refractivity contribution < 1.29 is 13.9 Å². The molecule has 0 saturated carbocycles. The minimum atomic E-state index is -0.249. The van der Waals surface area contributed by atoms with Crippen LogP contribution >= 0.6 is 0 Å². The van der Waals surface area contributed by atoms with E-state index in [1.807, 2.05) is 18.2 Å². The third-order valence-corrected chi connectivity index (χ3v) is 6.15. The van der Waals surface area contributed by atoms with Crippen LogP contribution in [-0.2, 0) is 13.0 Å². The monoisotopic (exact) mass is 439 g/mol. The van der Waals surface area contributed by atoms with Gasteiger partial charge in [0.05, 0.1) is 5.52 Å². The van der Waals surface area contributed by atoms with Crippen LogP contribution in [0.5, 0.6) is 11.5 Å². The summed E-state index contributed by atoms with van der Waals surface area (Å²) in [6.07, 6.45) is 3.04. The summed E-state index contributed by atoms with van der Waals surface area (Å²) in [7, 11) is 0. The van der Waals surface area contributed by atoms with Gasteiger partial charge >= 0.3 is 0 Å². The zero-order chi connectivity index (χ0) is 22.4. The number of halogens is 1. The number of fused-ring (bicyclic) bond motifs is 4. The Hall–Kier alpha value is -3.93. The molecule has 0 bridgehead atoms. The van der Waals surface area contributed by atoms with Gasteiger partial charge in [-0.15, -0.1) is 10.2 Å². The molecule has 0 saturated heterocycles. The highest BCUT2D eigenvalue weighted by Crippen LogP contribution is 2.41. The number of hydrogen-bond acceptors (Lipinski definition) is 4. The maximum Gasteiger partial charge on any atom is 0.163 e. The number of ether oxygens (including phenoxy) is 2. The van der Waals surface area contributed by atoms with Gasteiger partial charge in [-0.3, -0.25) is 0 Å². The number of aryl methyl sites for hydroxylation is 1. The molecule has 164 valence electrons. The highest BCUT2D eigenvalue weighted by Gasteiger charge is 2.23. The topological polar surface area (TPSA) is 49.2 Å². The Kier molecular flexibility index (Phi) is 4.72. The van der Waals surface area contributed by atoms with Gasteiger partial charge in [-0.25, -0.2) is 4.39 Å². The quantitative estimate of drug-likeness (QED) is 0.359. The molecule has 6 rings (SSSR count). The average Bonchev–Trinajstić information content (AvgIpc) is 3.27. The minimum Gasteiger partial charge on any atom is -0.486 e. The van der Waals surface area contributed by atoms with Crippen molar-refractivity contribution in [3.05, 3.63) is 83.8 Å². The van der Waals surface area contributed by atoms with Crippen LogP contribution in [0.1, 0.15) is 18.1 Å². The van der Waals surface area contributed by atoms with E-state index in [0.717, 1.165) is 45.4 Å². The summed E-state index contributed by atoms with van der Waals surface area (Å²) < 4.78 is 27.7. The Bertz CT molecular complexity index is 1440. The van der Waals surface area contributed by atoms with Gasteiger partial charge in [0.1, 0.15) is 30.4 Å². The van der Waals surface area contributed by atoms with Crippen LogP contribution in [-0.4, -0.2) is 28.0 Å². The summed E-state index contributed by atoms with van der Waals surface area (Å²) in [5.41, 5.74) is 6.69. The largest absolute Gasteiger partial charge is 0.486 e. The molecule has 0 radical (unpaired) electrons. The minimum absolute atomic E-state index is 0.249. The number of pyridine rings is 1. The second-order valence-electron chi connectivity index (χ2n) is 8.26. The molecule has 0 N–H and O–H groups in total. The van der Waals surface area contributed by atoms with Crippen LogP contribution in [0.2, 0.25) is 0 Å². The van der Waals surface area contributed by atoms with Crippen molar-refractivity contribution in [3.63, 3.8) is 0 Å². The van der Waals surface area contributed by atoms with Crippen molar-refractivity contribution in [2.24, 2.45) is 0 Å². The molecule has 0 atom stereocenters. The molecule has 0 aliphatic carbocycles. The lowest BCUT2D eigenvalue weighted by atomic mass is 10.00. The number of hydrogen-bond donors (Lipinski definition) is 0. The van der Waals surface area contributed by atoms with E-state index in [4.69, 9.17) is 9.47 Å². The lowest BCUT2D eigenvalue weighted by Gasteiger charge is -2.21. The van der Waals surface area contributed by atoms with Gasteiger partial charge in [-0.2, -0.15) is 0 Å². The van der Waals surface area contributed by atoms with Crippen molar-refractivity contribution >= 4 is 10.9 Å². The molecule has 0 aromatic heterocycles. The first-order valence-electron chi connectivity index (χ1n) is 11.1. The predicted molar refractivity (Wildman–Crippen MR) is 125 cm³/mol. The van der Waals surface area contributed by atoms with Gasteiger partial charge in [0.15, 0.2) is 11.5 Å². The van der Waals surface area contributed by atoms with Crippen LogP contribution in [0.25, 0.3) is 33.4 Å². The molecule has 3 aromatic carbocycles. The zero-order valence-electron chi connectivity index (χ0n) is 18.2. The Morgan fingerprint density at radius 3 is 2.39 bits per heavy atom. The summed E-state index contributed by atoms with van der Waals surface area (Å²) >= 11 is 0. The molecule has 0 spiro atoms. The third-order valence-electron chi connectivity index (χ3n) is 6.15. The van der Waals surface area contributed by atoms with Gasteiger partial charge < -0.3 is 14.0 Å². The van der Waals surface area contributed by atoms with Gasteiger partial charge in [0.2, 0.25) is 0 Å². The van der Waals surface area contributed by atoms with E-state index in [1.165, 1.54) is 11.6 Å². The predicted octanol–water partition coefficient (Wildman–Crippen LogP) is 5.72. The van der Waals surface area contributed by atoms with Gasteiger partial charge in [-0.1, -0.05) is 43.3 Å². The Morgan fingerprint density at radius 2 is 1.64 bits per heavy atom. The second kappa shape index (κ2) is 7.89. The van der Waals surface area contributed by atoms with E-state index in [2.05, 4.69) is 52.2 Å². The number of aromatic nitrogens is 3. The summed E-state index contributed by atoms with van der Waals surface area (Å²) in [5.74, 6) is 1.16. The smallest absolute Gasteiger partial charge is 0.163 e. The fraction of sp³-hybridized carbons (Fsp3) is 0.185. The molecule has 0 unspecified atom stereocenters. The van der Waals surface area contributed by atoms with Crippen molar-refractivity contribution in [3.8, 4) is 34.0 Å². The highest BCUT2D eigenvalue weighted by molar-refractivity contribution is 5.99. The van der Waals surface area contributed by atoms with E-state index < -0.39 is 0 Å². The molecule has 3 heterocycles. The molecular formula is C27H22FN3O2. The van der Waals surface area contributed by atoms with Gasteiger partial charge in [0.25, 0.3) is 0 Å². The standard InChI is InChI=1S/C27H22FN3O2/c1-2-17-6-8-19(9-7-17)26-22-16-31(15-18-4-3-5-20(28)12-18)23-14-25-24(32-10-11-33-25)13-21(23)27(22)30-29-26/h3-9,12-14,16H,2,10-11,15H2,1H3. The van der Waals surface area contributed by atoms with Gasteiger partial charge in [-0.05, 0) is 35.7 Å². The normalized spacial score (nSPS) is 13.0. The first-order chi connectivity index (χ1) is 16.2. The molecular weight excluding hydrogens is 417 g/mol. The lowest BCUT2D eigenvalue weighted by Crippen LogP contribution is -2.15. The van der Waals surface area contributed by atoms with Crippen molar-refractivity contribution in [1.82, 2.24) is 14.8 Å². The van der Waals surface area contributed by atoms with E-state index in [9.17, 15) is 4.39 Å². The van der Waals surface area contributed by atoms with Crippen LogP contribution in [0, 0.1) is 5.82 Å². The fourth-order valence-corrected chi connectivity index (χ4v) is 4.45. The van der Waals surface area contributed by atoms with Crippen molar-refractivity contribution in [2.75, 3.05) is 13.2 Å². The first kappa shape index (κ1) is 19.7. The fourth-order valence-electron chi connectivity index (χ4n) is 4.45. The van der Waals surface area contributed by atoms with Crippen LogP contribution in [0.3, 0.4) is 0 Å².